The molecule has 8 heteroatoms. The first-order valence-corrected chi connectivity index (χ1v) is 7.87. The first-order valence-electron chi connectivity index (χ1n) is 7.06. The van der Waals surface area contributed by atoms with Crippen molar-refractivity contribution in [2.45, 2.75) is 33.0 Å². The SMILES string of the molecule is Cc1ncc([C@H](C)NCc2cc3c(cc2OC(F)F)OCO3)s1. The normalized spacial score (nSPS) is 14.3. The number of nitrogens with one attached hydrogen (secondary N) is 1. The van der Waals surface area contributed by atoms with Gasteiger partial charge in [0.1, 0.15) is 5.75 Å². The van der Waals surface area contributed by atoms with Crippen LogP contribution in [0, 0.1) is 6.92 Å². The molecule has 1 aliphatic heterocycles. The number of aromatic nitrogens is 1. The van der Waals surface area contributed by atoms with Crippen molar-refractivity contribution in [1.29, 1.82) is 0 Å². The molecule has 1 atom stereocenters. The van der Waals surface area contributed by atoms with E-state index in [1.165, 1.54) is 6.07 Å². The minimum atomic E-state index is -2.89. The Morgan fingerprint density at radius 2 is 2.09 bits per heavy atom. The zero-order valence-corrected chi connectivity index (χ0v) is 13.5. The van der Waals surface area contributed by atoms with Gasteiger partial charge in [-0.2, -0.15) is 8.78 Å². The van der Waals surface area contributed by atoms with Gasteiger partial charge in [-0.15, -0.1) is 11.3 Å². The number of rotatable bonds is 6. The van der Waals surface area contributed by atoms with Crippen molar-refractivity contribution in [1.82, 2.24) is 10.3 Å². The lowest BCUT2D eigenvalue weighted by Gasteiger charge is -2.15. The van der Waals surface area contributed by atoms with E-state index in [2.05, 4.69) is 15.0 Å². The maximum atomic E-state index is 12.6. The molecule has 23 heavy (non-hydrogen) atoms. The van der Waals surface area contributed by atoms with Gasteiger partial charge in [0.15, 0.2) is 11.5 Å². The summed E-state index contributed by atoms with van der Waals surface area (Å²) in [6.45, 7) is 1.48. The van der Waals surface area contributed by atoms with Crippen molar-refractivity contribution in [3.63, 3.8) is 0 Å². The number of halogens is 2. The lowest BCUT2D eigenvalue weighted by molar-refractivity contribution is -0.0505. The number of hydrogen-bond acceptors (Lipinski definition) is 6. The summed E-state index contributed by atoms with van der Waals surface area (Å²) in [7, 11) is 0. The molecule has 1 aromatic carbocycles. The molecule has 5 nitrogen and oxygen atoms in total. The van der Waals surface area contributed by atoms with E-state index in [4.69, 9.17) is 9.47 Å². The zero-order chi connectivity index (χ0) is 16.4. The summed E-state index contributed by atoms with van der Waals surface area (Å²) in [4.78, 5) is 5.30. The standard InChI is InChI=1S/C15H16F2N2O3S/c1-8(14-6-19-9(2)23-14)18-5-10-3-12-13(21-7-20-12)4-11(10)22-15(16)17/h3-4,6,8,15,18H,5,7H2,1-2H3/t8-/m0/s1. The summed E-state index contributed by atoms with van der Waals surface area (Å²) >= 11 is 1.60. The molecular weight excluding hydrogens is 326 g/mol. The maximum Gasteiger partial charge on any atom is 0.387 e. The van der Waals surface area contributed by atoms with Gasteiger partial charge in [0.25, 0.3) is 0 Å². The summed E-state index contributed by atoms with van der Waals surface area (Å²) in [5.74, 6) is 1.03. The molecule has 2 heterocycles. The van der Waals surface area contributed by atoms with Crippen LogP contribution in [0.1, 0.15) is 28.4 Å². The molecule has 1 aromatic heterocycles. The van der Waals surface area contributed by atoms with Crippen LogP contribution in [0.5, 0.6) is 17.2 Å². The minimum Gasteiger partial charge on any atom is -0.454 e. The van der Waals surface area contributed by atoms with Gasteiger partial charge < -0.3 is 19.5 Å². The van der Waals surface area contributed by atoms with Crippen molar-refractivity contribution < 1.29 is 23.0 Å². The fraction of sp³-hybridized carbons (Fsp3) is 0.400. The largest absolute Gasteiger partial charge is 0.454 e. The number of aryl methyl sites for hydroxylation is 1. The second-order valence-corrected chi connectivity index (χ2v) is 6.34. The van der Waals surface area contributed by atoms with Crippen LogP contribution in [0.2, 0.25) is 0 Å². The fourth-order valence-electron chi connectivity index (χ4n) is 2.25. The average molecular weight is 342 g/mol. The van der Waals surface area contributed by atoms with E-state index in [-0.39, 0.29) is 18.6 Å². The maximum absolute atomic E-state index is 12.6. The highest BCUT2D eigenvalue weighted by Gasteiger charge is 2.20. The van der Waals surface area contributed by atoms with Gasteiger partial charge in [0.2, 0.25) is 6.79 Å². The van der Waals surface area contributed by atoms with Gasteiger partial charge in [-0.25, -0.2) is 4.98 Å². The van der Waals surface area contributed by atoms with Crippen LogP contribution in [-0.4, -0.2) is 18.4 Å². The molecule has 0 radical (unpaired) electrons. The van der Waals surface area contributed by atoms with Crippen LogP contribution >= 0.6 is 11.3 Å². The predicted octanol–water partition coefficient (Wildman–Crippen LogP) is 3.63. The zero-order valence-electron chi connectivity index (χ0n) is 12.6. The average Bonchev–Trinajstić information content (AvgIpc) is 3.12. The van der Waals surface area contributed by atoms with E-state index in [9.17, 15) is 8.78 Å². The summed E-state index contributed by atoms with van der Waals surface area (Å²) in [6.07, 6.45) is 1.81. The van der Waals surface area contributed by atoms with Gasteiger partial charge in [0.05, 0.1) is 5.01 Å². The Morgan fingerprint density at radius 1 is 1.35 bits per heavy atom. The first kappa shape index (κ1) is 15.9. The third kappa shape index (κ3) is 3.70. The molecule has 1 N–H and O–H groups in total. The van der Waals surface area contributed by atoms with Crippen LogP contribution in [0.25, 0.3) is 0 Å². The van der Waals surface area contributed by atoms with Crippen molar-refractivity contribution >= 4 is 11.3 Å². The van der Waals surface area contributed by atoms with Crippen molar-refractivity contribution in [2.75, 3.05) is 6.79 Å². The number of benzene rings is 1. The third-order valence-corrected chi connectivity index (χ3v) is 4.53. The number of ether oxygens (including phenoxy) is 3. The van der Waals surface area contributed by atoms with E-state index >= 15 is 0 Å². The third-order valence-electron chi connectivity index (χ3n) is 3.44. The highest BCUT2D eigenvalue weighted by molar-refractivity contribution is 7.11. The van der Waals surface area contributed by atoms with Crippen molar-refractivity contribution in [3.8, 4) is 17.2 Å². The monoisotopic (exact) mass is 342 g/mol. The number of nitrogens with zero attached hydrogens (tertiary/aromatic N) is 1. The molecule has 0 amide bonds. The van der Waals surface area contributed by atoms with Crippen LogP contribution in [-0.2, 0) is 6.54 Å². The smallest absolute Gasteiger partial charge is 0.387 e. The molecule has 2 aromatic rings. The molecule has 0 unspecified atom stereocenters. The number of hydrogen-bond donors (Lipinski definition) is 1. The van der Waals surface area contributed by atoms with E-state index in [0.29, 0.717) is 23.6 Å². The lowest BCUT2D eigenvalue weighted by atomic mass is 10.1. The van der Waals surface area contributed by atoms with Crippen LogP contribution in [0.3, 0.4) is 0 Å². The molecule has 0 bridgehead atoms. The van der Waals surface area contributed by atoms with Crippen molar-refractivity contribution in [3.05, 3.63) is 33.8 Å². The predicted molar refractivity (Wildman–Crippen MR) is 81.3 cm³/mol. The van der Waals surface area contributed by atoms with Gasteiger partial charge in [-0.05, 0) is 19.9 Å². The molecule has 0 fully saturated rings. The Labute approximate surface area is 136 Å². The minimum absolute atomic E-state index is 0.0472. The van der Waals surface area contributed by atoms with Gasteiger partial charge in [-0.3, -0.25) is 0 Å². The molecule has 1 aliphatic rings. The first-order chi connectivity index (χ1) is 11.0. The van der Waals surface area contributed by atoms with Crippen LogP contribution in [0.4, 0.5) is 8.78 Å². The van der Waals surface area contributed by atoms with Crippen LogP contribution in [0.15, 0.2) is 18.3 Å². The van der Waals surface area contributed by atoms with Gasteiger partial charge >= 0.3 is 6.61 Å². The molecule has 0 saturated carbocycles. The molecule has 0 spiro atoms. The summed E-state index contributed by atoms with van der Waals surface area (Å²) < 4.78 is 40.3. The van der Waals surface area contributed by atoms with Crippen molar-refractivity contribution in [2.24, 2.45) is 0 Å². The second-order valence-electron chi connectivity index (χ2n) is 5.08. The summed E-state index contributed by atoms with van der Waals surface area (Å²) in [6, 6.07) is 3.15. The van der Waals surface area contributed by atoms with E-state index < -0.39 is 6.61 Å². The fourth-order valence-corrected chi connectivity index (χ4v) is 3.06. The van der Waals surface area contributed by atoms with E-state index in [0.717, 1.165) is 9.88 Å². The van der Waals surface area contributed by atoms with Gasteiger partial charge in [-0.1, -0.05) is 0 Å². The highest BCUT2D eigenvalue weighted by Crippen LogP contribution is 2.38. The van der Waals surface area contributed by atoms with Crippen LogP contribution < -0.4 is 19.5 Å². The summed E-state index contributed by atoms with van der Waals surface area (Å²) in [5, 5.41) is 4.27. The Morgan fingerprint density at radius 3 is 2.74 bits per heavy atom. The van der Waals surface area contributed by atoms with E-state index in [1.807, 2.05) is 20.0 Å². The van der Waals surface area contributed by atoms with E-state index in [1.54, 1.807) is 17.4 Å². The Bertz CT molecular complexity index is 693. The Balaban J connectivity index is 1.75. The van der Waals surface area contributed by atoms with Gasteiger partial charge in [0, 0.05) is 35.3 Å². The quantitative estimate of drug-likeness (QED) is 0.869. The highest BCUT2D eigenvalue weighted by atomic mass is 32.1. The molecule has 0 saturated heterocycles. The molecule has 124 valence electrons. The lowest BCUT2D eigenvalue weighted by Crippen LogP contribution is -2.18. The Hall–Kier alpha value is -1.93. The Kier molecular flexibility index (Phi) is 4.63. The molecule has 0 aliphatic carbocycles. The topological polar surface area (TPSA) is 52.6 Å². The number of alkyl halides is 2. The molecule has 3 rings (SSSR count). The summed E-state index contributed by atoms with van der Waals surface area (Å²) in [5.41, 5.74) is 0.586. The number of fused-ring (bicyclic) bond motifs is 1. The number of thiazole rings is 1. The molecular formula is C15H16F2N2O3S. The second kappa shape index (κ2) is 6.67.